The molecule has 0 spiro atoms. The Bertz CT molecular complexity index is 1530. The second-order valence-corrected chi connectivity index (χ2v) is 8.10. The van der Waals surface area contributed by atoms with Crippen molar-refractivity contribution >= 4 is 16.8 Å². The molecule has 0 unspecified atom stereocenters. The minimum Gasteiger partial charge on any atom is -0.456 e. The number of pyridine rings is 2. The topological polar surface area (TPSA) is 81.9 Å². The van der Waals surface area contributed by atoms with Crippen molar-refractivity contribution in [1.82, 2.24) is 25.1 Å². The fraction of sp³-hybridized carbons (Fsp3) is 0.111. The van der Waals surface area contributed by atoms with Gasteiger partial charge in [-0.25, -0.2) is 4.39 Å². The standard InChI is InChI=1S/C27H22FN5O2/c1-17-20(27(34)31-14-18-8-11-29-12-9-18)4-3-5-23(17)35-24-10-13-30-26-22(24)7-6-21(25(26)28)19-15-32-33(2)16-19/h3-13,15-16H,14H2,1-2H3,(H,31,34). The van der Waals surface area contributed by atoms with Crippen LogP contribution in [0.25, 0.3) is 22.0 Å². The molecule has 0 saturated carbocycles. The Kier molecular flexibility index (Phi) is 5.93. The fourth-order valence-electron chi connectivity index (χ4n) is 3.90. The molecule has 174 valence electrons. The van der Waals surface area contributed by atoms with Gasteiger partial charge in [-0.3, -0.25) is 19.4 Å². The van der Waals surface area contributed by atoms with Gasteiger partial charge >= 0.3 is 0 Å². The van der Waals surface area contributed by atoms with Crippen LogP contribution in [0.15, 0.2) is 79.5 Å². The second-order valence-electron chi connectivity index (χ2n) is 8.10. The molecule has 2 aromatic carbocycles. The predicted octanol–water partition coefficient (Wildman–Crippen LogP) is 5.20. The summed E-state index contributed by atoms with van der Waals surface area (Å²) in [6.07, 6.45) is 8.23. The molecule has 0 fully saturated rings. The van der Waals surface area contributed by atoms with E-state index in [0.717, 1.165) is 5.56 Å². The zero-order valence-electron chi connectivity index (χ0n) is 19.2. The van der Waals surface area contributed by atoms with Gasteiger partial charge in [0.05, 0.1) is 6.20 Å². The summed E-state index contributed by atoms with van der Waals surface area (Å²) in [6.45, 7) is 2.21. The van der Waals surface area contributed by atoms with E-state index in [4.69, 9.17) is 4.74 Å². The number of nitrogens with one attached hydrogen (secondary N) is 1. The monoisotopic (exact) mass is 467 g/mol. The van der Waals surface area contributed by atoms with Crippen LogP contribution in [0.5, 0.6) is 11.5 Å². The van der Waals surface area contributed by atoms with Crippen molar-refractivity contribution in [2.45, 2.75) is 13.5 Å². The van der Waals surface area contributed by atoms with Crippen LogP contribution >= 0.6 is 0 Å². The highest BCUT2D eigenvalue weighted by atomic mass is 19.1. The number of hydrogen-bond acceptors (Lipinski definition) is 5. The Balaban J connectivity index is 1.43. The molecule has 1 N–H and O–H groups in total. The lowest BCUT2D eigenvalue weighted by molar-refractivity contribution is 0.0950. The van der Waals surface area contributed by atoms with E-state index >= 15 is 4.39 Å². The van der Waals surface area contributed by atoms with Gasteiger partial charge in [-0.15, -0.1) is 0 Å². The average Bonchev–Trinajstić information content (AvgIpc) is 3.31. The van der Waals surface area contributed by atoms with Crippen molar-refractivity contribution in [1.29, 1.82) is 0 Å². The van der Waals surface area contributed by atoms with E-state index in [0.29, 0.717) is 45.7 Å². The molecule has 0 atom stereocenters. The molecule has 0 bridgehead atoms. The van der Waals surface area contributed by atoms with E-state index in [1.807, 2.05) is 19.1 Å². The minimum absolute atomic E-state index is 0.202. The first kappa shape index (κ1) is 22.2. The Morgan fingerprint density at radius 3 is 2.66 bits per heavy atom. The molecule has 5 aromatic rings. The Morgan fingerprint density at radius 1 is 1.06 bits per heavy atom. The van der Waals surface area contributed by atoms with Crippen LogP contribution in [0.2, 0.25) is 0 Å². The lowest BCUT2D eigenvalue weighted by atomic mass is 10.0. The van der Waals surface area contributed by atoms with Gasteiger partial charge in [-0.05, 0) is 48.9 Å². The molecule has 8 heteroatoms. The summed E-state index contributed by atoms with van der Waals surface area (Å²) in [4.78, 5) is 21.1. The van der Waals surface area contributed by atoms with Gasteiger partial charge in [-0.2, -0.15) is 5.10 Å². The Morgan fingerprint density at radius 2 is 1.89 bits per heavy atom. The first-order valence-electron chi connectivity index (χ1n) is 11.0. The maximum Gasteiger partial charge on any atom is 0.251 e. The van der Waals surface area contributed by atoms with E-state index in [1.165, 1.54) is 6.20 Å². The molecule has 0 radical (unpaired) electrons. The van der Waals surface area contributed by atoms with Crippen LogP contribution < -0.4 is 10.1 Å². The molecule has 0 saturated heterocycles. The van der Waals surface area contributed by atoms with Crippen LogP contribution in [0, 0.1) is 12.7 Å². The van der Waals surface area contributed by atoms with Crippen molar-refractivity contribution < 1.29 is 13.9 Å². The minimum atomic E-state index is -0.443. The van der Waals surface area contributed by atoms with Gasteiger partial charge in [0.25, 0.3) is 5.91 Å². The summed E-state index contributed by atoms with van der Waals surface area (Å²) >= 11 is 0. The number of aryl methyl sites for hydroxylation is 1. The van der Waals surface area contributed by atoms with Gasteiger partial charge in [-0.1, -0.05) is 12.1 Å². The highest BCUT2D eigenvalue weighted by Gasteiger charge is 2.17. The van der Waals surface area contributed by atoms with Crippen molar-refractivity contribution in [3.63, 3.8) is 0 Å². The normalized spacial score (nSPS) is 10.9. The number of benzene rings is 2. The lowest BCUT2D eigenvalue weighted by Gasteiger charge is -2.14. The molecule has 0 aliphatic heterocycles. The summed E-state index contributed by atoms with van der Waals surface area (Å²) in [6, 6.07) is 14.1. The van der Waals surface area contributed by atoms with E-state index in [9.17, 15) is 4.79 Å². The van der Waals surface area contributed by atoms with Crippen LogP contribution in [0.3, 0.4) is 0 Å². The highest BCUT2D eigenvalue weighted by Crippen LogP contribution is 2.35. The molecule has 35 heavy (non-hydrogen) atoms. The summed E-state index contributed by atoms with van der Waals surface area (Å²) < 4.78 is 23.1. The smallest absolute Gasteiger partial charge is 0.251 e. The van der Waals surface area contributed by atoms with Crippen LogP contribution in [-0.2, 0) is 13.6 Å². The first-order chi connectivity index (χ1) is 17.0. The SMILES string of the molecule is Cc1c(Oc2ccnc3c(F)c(-c4cnn(C)c4)ccc23)cccc1C(=O)NCc1ccncc1. The number of ether oxygens (including phenoxy) is 1. The molecular weight excluding hydrogens is 445 g/mol. The molecule has 3 heterocycles. The number of nitrogens with zero attached hydrogens (tertiary/aromatic N) is 4. The number of halogens is 1. The van der Waals surface area contributed by atoms with Crippen molar-refractivity contribution in [3.05, 3.63) is 102 Å². The third-order valence-electron chi connectivity index (χ3n) is 5.78. The molecule has 5 rings (SSSR count). The van der Waals surface area contributed by atoms with E-state index in [-0.39, 0.29) is 11.4 Å². The van der Waals surface area contributed by atoms with Crippen molar-refractivity contribution in [2.75, 3.05) is 0 Å². The summed E-state index contributed by atoms with van der Waals surface area (Å²) in [5.41, 5.74) is 3.42. The summed E-state index contributed by atoms with van der Waals surface area (Å²) in [5.74, 6) is 0.299. The highest BCUT2D eigenvalue weighted by molar-refractivity contribution is 5.96. The maximum absolute atomic E-state index is 15.3. The number of aromatic nitrogens is 4. The first-order valence-corrected chi connectivity index (χ1v) is 11.0. The van der Waals surface area contributed by atoms with Gasteiger partial charge in [0.15, 0.2) is 5.82 Å². The third-order valence-corrected chi connectivity index (χ3v) is 5.78. The molecule has 1 amide bonds. The largest absolute Gasteiger partial charge is 0.456 e. The molecule has 0 aliphatic rings. The van der Waals surface area contributed by atoms with E-state index in [1.54, 1.807) is 72.9 Å². The Labute approximate surface area is 201 Å². The summed E-state index contributed by atoms with van der Waals surface area (Å²) in [7, 11) is 1.78. The van der Waals surface area contributed by atoms with E-state index < -0.39 is 5.82 Å². The number of carbonyl (C=O) groups excluding carboxylic acids is 1. The maximum atomic E-state index is 15.3. The molecule has 3 aromatic heterocycles. The molecule has 7 nitrogen and oxygen atoms in total. The van der Waals surface area contributed by atoms with E-state index in [2.05, 4.69) is 20.4 Å². The molecular formula is C27H22FN5O2. The second kappa shape index (κ2) is 9.34. The molecule has 0 aliphatic carbocycles. The third kappa shape index (κ3) is 4.46. The average molecular weight is 468 g/mol. The number of carbonyl (C=O) groups is 1. The van der Waals surface area contributed by atoms with Crippen LogP contribution in [0.4, 0.5) is 4.39 Å². The number of amides is 1. The zero-order chi connectivity index (χ0) is 24.4. The van der Waals surface area contributed by atoms with Gasteiger partial charge in [0.1, 0.15) is 17.0 Å². The van der Waals surface area contributed by atoms with Crippen LogP contribution in [0.1, 0.15) is 21.5 Å². The van der Waals surface area contributed by atoms with Crippen molar-refractivity contribution in [2.24, 2.45) is 7.05 Å². The fourth-order valence-corrected chi connectivity index (χ4v) is 3.90. The van der Waals surface area contributed by atoms with Gasteiger partial charge in [0, 0.05) is 66.0 Å². The number of fused-ring (bicyclic) bond motifs is 1. The number of hydrogen-bond donors (Lipinski definition) is 1. The van der Waals surface area contributed by atoms with Crippen molar-refractivity contribution in [3.8, 4) is 22.6 Å². The van der Waals surface area contributed by atoms with Gasteiger partial charge < -0.3 is 10.1 Å². The quantitative estimate of drug-likeness (QED) is 0.371. The summed E-state index contributed by atoms with van der Waals surface area (Å²) in [5, 5.41) is 7.57. The lowest BCUT2D eigenvalue weighted by Crippen LogP contribution is -2.23. The zero-order valence-corrected chi connectivity index (χ0v) is 19.2. The predicted molar refractivity (Wildman–Crippen MR) is 131 cm³/mol. The Hall–Kier alpha value is -4.59. The van der Waals surface area contributed by atoms with Gasteiger partial charge in [0.2, 0.25) is 0 Å². The van der Waals surface area contributed by atoms with Crippen LogP contribution in [-0.4, -0.2) is 25.7 Å². The number of rotatable bonds is 6.